The van der Waals surface area contributed by atoms with Gasteiger partial charge in [-0.2, -0.15) is 4.31 Å². The molecule has 0 aliphatic carbocycles. The van der Waals surface area contributed by atoms with E-state index in [4.69, 9.17) is 4.74 Å². The van der Waals surface area contributed by atoms with Gasteiger partial charge in [-0.1, -0.05) is 48.0 Å². The lowest BCUT2D eigenvalue weighted by molar-refractivity contribution is -0.126. The Hall–Kier alpha value is -2.22. The van der Waals surface area contributed by atoms with E-state index in [2.05, 4.69) is 5.32 Å². The highest BCUT2D eigenvalue weighted by Crippen LogP contribution is 2.26. The Labute approximate surface area is 192 Å². The fraction of sp³-hybridized carbons (Fsp3) is 0.480. The second kappa shape index (κ2) is 11.1. The van der Waals surface area contributed by atoms with Crippen molar-refractivity contribution in [2.24, 2.45) is 5.92 Å². The molecule has 0 spiro atoms. The van der Waals surface area contributed by atoms with Crippen LogP contribution in [0.5, 0.6) is 0 Å². The fourth-order valence-corrected chi connectivity index (χ4v) is 5.77. The number of hydrogen-bond donors (Lipinski definition) is 1. The van der Waals surface area contributed by atoms with Crippen LogP contribution in [0.25, 0.3) is 0 Å². The van der Waals surface area contributed by atoms with Gasteiger partial charge in [-0.05, 0) is 57.2 Å². The smallest absolute Gasteiger partial charge is 0.243 e. The molecule has 1 atom stereocenters. The Morgan fingerprint density at radius 2 is 1.81 bits per heavy atom. The summed E-state index contributed by atoms with van der Waals surface area (Å²) in [7, 11) is -3.53. The van der Waals surface area contributed by atoms with Gasteiger partial charge in [-0.3, -0.25) is 4.79 Å². The molecule has 174 valence electrons. The Balaban J connectivity index is 1.39. The van der Waals surface area contributed by atoms with Gasteiger partial charge in [0.1, 0.15) is 0 Å². The van der Waals surface area contributed by atoms with Crippen molar-refractivity contribution in [2.45, 2.75) is 51.0 Å². The Morgan fingerprint density at radius 3 is 2.47 bits per heavy atom. The van der Waals surface area contributed by atoms with E-state index in [0.29, 0.717) is 44.0 Å². The van der Waals surface area contributed by atoms with Crippen molar-refractivity contribution in [3.8, 4) is 0 Å². The second-order valence-electron chi connectivity index (χ2n) is 8.52. The first-order chi connectivity index (χ1) is 15.3. The van der Waals surface area contributed by atoms with Crippen molar-refractivity contribution >= 4 is 15.9 Å². The van der Waals surface area contributed by atoms with Gasteiger partial charge in [0.05, 0.1) is 11.0 Å². The molecule has 7 heteroatoms. The maximum absolute atomic E-state index is 13.0. The van der Waals surface area contributed by atoms with Crippen LogP contribution in [0.2, 0.25) is 0 Å². The first-order valence-electron chi connectivity index (χ1n) is 11.3. The van der Waals surface area contributed by atoms with Gasteiger partial charge in [0.25, 0.3) is 0 Å². The highest BCUT2D eigenvalue weighted by atomic mass is 32.2. The summed E-state index contributed by atoms with van der Waals surface area (Å²) in [6.07, 6.45) is 1.84. The summed E-state index contributed by atoms with van der Waals surface area (Å²) in [6.45, 7) is 7.66. The lowest BCUT2D eigenvalue weighted by atomic mass is 9.97. The number of carbonyl (C=O) groups excluding carboxylic acids is 1. The minimum atomic E-state index is -3.53. The van der Waals surface area contributed by atoms with E-state index in [0.717, 1.165) is 23.1 Å². The Morgan fingerprint density at radius 1 is 1.12 bits per heavy atom. The van der Waals surface area contributed by atoms with E-state index < -0.39 is 10.0 Å². The van der Waals surface area contributed by atoms with Crippen LogP contribution in [-0.4, -0.2) is 44.9 Å². The number of piperidine rings is 1. The molecule has 1 N–H and O–H groups in total. The van der Waals surface area contributed by atoms with Crippen LogP contribution in [0.3, 0.4) is 0 Å². The largest absolute Gasteiger partial charge is 0.374 e. The standard InChI is InChI=1S/C25H34N2O4S/c1-19-10-11-24(20(2)18-19)32(29,30)27-15-12-23(13-16-27)25(28)26-14-7-17-31-21(3)22-8-5-4-6-9-22/h4-6,8-11,18,21,23H,7,12-17H2,1-3H3,(H,26,28). The number of carbonyl (C=O) groups is 1. The van der Waals surface area contributed by atoms with Crippen LogP contribution in [0.1, 0.15) is 49.0 Å². The first-order valence-corrected chi connectivity index (χ1v) is 12.7. The van der Waals surface area contributed by atoms with Crippen molar-refractivity contribution in [2.75, 3.05) is 26.2 Å². The lowest BCUT2D eigenvalue weighted by Gasteiger charge is -2.31. The van der Waals surface area contributed by atoms with E-state index in [9.17, 15) is 13.2 Å². The third kappa shape index (κ3) is 6.18. The van der Waals surface area contributed by atoms with E-state index in [1.807, 2.05) is 63.2 Å². The van der Waals surface area contributed by atoms with Gasteiger partial charge < -0.3 is 10.1 Å². The van der Waals surface area contributed by atoms with Crippen LogP contribution in [0, 0.1) is 19.8 Å². The molecule has 32 heavy (non-hydrogen) atoms. The van der Waals surface area contributed by atoms with Crippen molar-refractivity contribution in [1.29, 1.82) is 0 Å². The van der Waals surface area contributed by atoms with Gasteiger partial charge in [-0.15, -0.1) is 0 Å². The molecule has 1 fully saturated rings. The summed E-state index contributed by atoms with van der Waals surface area (Å²) in [5.41, 5.74) is 2.93. The number of sulfonamides is 1. The summed E-state index contributed by atoms with van der Waals surface area (Å²) in [6, 6.07) is 15.4. The molecule has 1 aliphatic heterocycles. The maximum atomic E-state index is 13.0. The predicted molar refractivity (Wildman–Crippen MR) is 126 cm³/mol. The monoisotopic (exact) mass is 458 g/mol. The zero-order chi connectivity index (χ0) is 23.1. The number of benzene rings is 2. The molecule has 0 aromatic heterocycles. The van der Waals surface area contributed by atoms with Crippen LogP contribution in [-0.2, 0) is 19.6 Å². The molecule has 1 heterocycles. The third-order valence-corrected chi connectivity index (χ3v) is 8.09. The van der Waals surface area contributed by atoms with E-state index in [-0.39, 0.29) is 17.9 Å². The number of ether oxygens (including phenoxy) is 1. The van der Waals surface area contributed by atoms with Crippen LogP contribution in [0.4, 0.5) is 0 Å². The van der Waals surface area contributed by atoms with Gasteiger partial charge in [-0.25, -0.2) is 8.42 Å². The minimum Gasteiger partial charge on any atom is -0.374 e. The van der Waals surface area contributed by atoms with Crippen molar-refractivity contribution < 1.29 is 17.9 Å². The van der Waals surface area contributed by atoms with E-state index >= 15 is 0 Å². The summed E-state index contributed by atoms with van der Waals surface area (Å²) in [5, 5.41) is 2.98. The van der Waals surface area contributed by atoms with Crippen molar-refractivity contribution in [3.63, 3.8) is 0 Å². The van der Waals surface area contributed by atoms with Gasteiger partial charge >= 0.3 is 0 Å². The molecule has 1 amide bonds. The van der Waals surface area contributed by atoms with Crippen molar-refractivity contribution in [1.82, 2.24) is 9.62 Å². The summed E-state index contributed by atoms with van der Waals surface area (Å²) >= 11 is 0. The number of rotatable bonds is 9. The Bertz CT molecular complexity index is 1000. The normalized spacial score (nSPS) is 16.6. The number of nitrogens with zero attached hydrogens (tertiary/aromatic N) is 1. The number of hydrogen-bond acceptors (Lipinski definition) is 4. The fourth-order valence-electron chi connectivity index (χ4n) is 4.09. The summed E-state index contributed by atoms with van der Waals surface area (Å²) < 4.78 is 33.4. The molecular weight excluding hydrogens is 424 g/mol. The molecule has 2 aromatic rings. The lowest BCUT2D eigenvalue weighted by Crippen LogP contribution is -2.43. The van der Waals surface area contributed by atoms with E-state index in [1.165, 1.54) is 4.31 Å². The number of aryl methyl sites for hydroxylation is 2. The first kappa shape index (κ1) is 24.4. The summed E-state index contributed by atoms with van der Waals surface area (Å²) in [5.74, 6) is -0.144. The van der Waals surface area contributed by atoms with Crippen LogP contribution >= 0.6 is 0 Å². The minimum absolute atomic E-state index is 0.00433. The SMILES string of the molecule is Cc1ccc(S(=O)(=O)N2CCC(C(=O)NCCCOC(C)c3ccccc3)CC2)c(C)c1. The molecule has 2 aromatic carbocycles. The Kier molecular flexibility index (Phi) is 8.45. The summed E-state index contributed by atoms with van der Waals surface area (Å²) in [4.78, 5) is 12.9. The molecular formula is C25H34N2O4S. The number of nitrogens with one attached hydrogen (secondary N) is 1. The maximum Gasteiger partial charge on any atom is 0.243 e. The quantitative estimate of drug-likeness (QED) is 0.577. The van der Waals surface area contributed by atoms with Crippen LogP contribution < -0.4 is 5.32 Å². The van der Waals surface area contributed by atoms with Gasteiger partial charge in [0, 0.05) is 32.2 Å². The van der Waals surface area contributed by atoms with Crippen LogP contribution in [0.15, 0.2) is 53.4 Å². The molecule has 1 aliphatic rings. The zero-order valence-electron chi connectivity index (χ0n) is 19.2. The molecule has 1 saturated heterocycles. The predicted octanol–water partition coefficient (Wildman–Crippen LogP) is 3.99. The molecule has 0 radical (unpaired) electrons. The highest BCUT2D eigenvalue weighted by Gasteiger charge is 2.32. The molecule has 3 rings (SSSR count). The molecule has 1 unspecified atom stereocenters. The van der Waals surface area contributed by atoms with Gasteiger partial charge in [0.2, 0.25) is 15.9 Å². The van der Waals surface area contributed by atoms with Crippen molar-refractivity contribution in [3.05, 3.63) is 65.2 Å². The topological polar surface area (TPSA) is 75.7 Å². The average molecular weight is 459 g/mol. The van der Waals surface area contributed by atoms with E-state index in [1.54, 1.807) is 6.07 Å². The molecule has 0 saturated carbocycles. The highest BCUT2D eigenvalue weighted by molar-refractivity contribution is 7.89. The molecule has 0 bridgehead atoms. The molecule has 6 nitrogen and oxygen atoms in total. The zero-order valence-corrected chi connectivity index (χ0v) is 20.0. The van der Waals surface area contributed by atoms with Gasteiger partial charge in [0.15, 0.2) is 0 Å². The average Bonchev–Trinajstić information content (AvgIpc) is 2.79. The number of amides is 1. The second-order valence-corrected chi connectivity index (χ2v) is 10.4. The third-order valence-electron chi connectivity index (χ3n) is 6.03.